The molecule has 1 aromatic rings. The number of amides is 1. The molecule has 1 unspecified atom stereocenters. The van der Waals surface area contributed by atoms with Crippen LogP contribution >= 0.6 is 0 Å². The van der Waals surface area contributed by atoms with Crippen molar-refractivity contribution in [2.24, 2.45) is 0 Å². The number of aryl methyl sites for hydroxylation is 1. The first-order valence-corrected chi connectivity index (χ1v) is 7.59. The lowest BCUT2D eigenvalue weighted by Crippen LogP contribution is -2.41. The molecule has 116 valence electrons. The van der Waals surface area contributed by atoms with Crippen LogP contribution in [0.1, 0.15) is 61.8 Å². The van der Waals surface area contributed by atoms with Crippen LogP contribution in [0.15, 0.2) is 6.07 Å². The molecule has 1 amide bonds. The van der Waals surface area contributed by atoms with E-state index < -0.39 is 12.0 Å². The van der Waals surface area contributed by atoms with Crippen LogP contribution in [0.4, 0.5) is 0 Å². The quantitative estimate of drug-likeness (QED) is 0.903. The zero-order chi connectivity index (χ0) is 15.6. The Morgan fingerprint density at radius 1 is 1.43 bits per heavy atom. The molecular weight excluding hydrogens is 270 g/mol. The third kappa shape index (κ3) is 2.94. The monoisotopic (exact) mass is 293 g/mol. The van der Waals surface area contributed by atoms with Crippen molar-refractivity contribution in [3.05, 3.63) is 17.5 Å². The van der Waals surface area contributed by atoms with Crippen molar-refractivity contribution in [1.29, 1.82) is 0 Å². The molecule has 1 N–H and O–H groups in total. The Hall–Kier alpha value is -1.85. The van der Waals surface area contributed by atoms with Gasteiger partial charge in [0.15, 0.2) is 0 Å². The van der Waals surface area contributed by atoms with Gasteiger partial charge in [-0.2, -0.15) is 5.10 Å². The number of hydrogen-bond acceptors (Lipinski definition) is 3. The van der Waals surface area contributed by atoms with Crippen molar-refractivity contribution < 1.29 is 14.7 Å². The van der Waals surface area contributed by atoms with Gasteiger partial charge in [0.25, 0.3) is 5.91 Å². The number of hydrogen-bond donors (Lipinski definition) is 1. The van der Waals surface area contributed by atoms with E-state index >= 15 is 0 Å². The number of aliphatic carboxylic acids is 1. The van der Waals surface area contributed by atoms with Crippen molar-refractivity contribution in [2.75, 3.05) is 6.54 Å². The maximum absolute atomic E-state index is 12.7. The number of rotatable bonds is 5. The topological polar surface area (TPSA) is 75.4 Å². The molecule has 1 saturated heterocycles. The first kappa shape index (κ1) is 15.5. The van der Waals surface area contributed by atoms with Crippen LogP contribution < -0.4 is 0 Å². The smallest absolute Gasteiger partial charge is 0.326 e. The molecule has 0 aliphatic carbocycles. The van der Waals surface area contributed by atoms with Crippen molar-refractivity contribution in [3.8, 4) is 0 Å². The van der Waals surface area contributed by atoms with E-state index in [0.717, 1.165) is 25.0 Å². The Bertz CT molecular complexity index is 534. The highest BCUT2D eigenvalue weighted by atomic mass is 16.4. The van der Waals surface area contributed by atoms with Gasteiger partial charge in [-0.15, -0.1) is 0 Å². The van der Waals surface area contributed by atoms with Gasteiger partial charge in [0.2, 0.25) is 0 Å². The first-order chi connectivity index (χ1) is 9.99. The summed E-state index contributed by atoms with van der Waals surface area (Å²) in [4.78, 5) is 25.5. The zero-order valence-electron chi connectivity index (χ0n) is 12.9. The van der Waals surface area contributed by atoms with Gasteiger partial charge in [-0.1, -0.05) is 13.8 Å². The van der Waals surface area contributed by atoms with E-state index in [0.29, 0.717) is 18.7 Å². The maximum Gasteiger partial charge on any atom is 0.326 e. The van der Waals surface area contributed by atoms with E-state index in [1.807, 2.05) is 6.92 Å². The second-order valence-corrected chi connectivity index (χ2v) is 5.58. The molecule has 0 aromatic carbocycles. The number of nitrogens with zero attached hydrogens (tertiary/aromatic N) is 3. The van der Waals surface area contributed by atoms with Crippen LogP contribution in [0.25, 0.3) is 0 Å². The van der Waals surface area contributed by atoms with Gasteiger partial charge in [-0.25, -0.2) is 4.79 Å². The summed E-state index contributed by atoms with van der Waals surface area (Å²) in [5.74, 6) is -1.14. The van der Waals surface area contributed by atoms with Crippen LogP contribution in [0.5, 0.6) is 0 Å². The summed E-state index contributed by atoms with van der Waals surface area (Å²) in [7, 11) is 0. The highest BCUT2D eigenvalue weighted by Crippen LogP contribution is 2.24. The molecule has 1 aliphatic heterocycles. The van der Waals surface area contributed by atoms with Crippen molar-refractivity contribution >= 4 is 11.9 Å². The highest BCUT2D eigenvalue weighted by molar-refractivity contribution is 5.95. The molecule has 21 heavy (non-hydrogen) atoms. The van der Waals surface area contributed by atoms with E-state index in [9.17, 15) is 14.7 Å². The Kier molecular flexibility index (Phi) is 4.65. The number of likely N-dealkylation sites (tertiary alicyclic amines) is 1. The summed E-state index contributed by atoms with van der Waals surface area (Å²) in [6.07, 6.45) is 3.04. The highest BCUT2D eigenvalue weighted by Gasteiger charge is 2.36. The van der Waals surface area contributed by atoms with Gasteiger partial charge >= 0.3 is 5.97 Å². The van der Waals surface area contributed by atoms with Gasteiger partial charge in [0, 0.05) is 6.54 Å². The first-order valence-electron chi connectivity index (χ1n) is 7.59. The van der Waals surface area contributed by atoms with Gasteiger partial charge < -0.3 is 10.0 Å². The zero-order valence-corrected chi connectivity index (χ0v) is 12.9. The number of carboxylic acids is 1. The van der Waals surface area contributed by atoms with Crippen molar-refractivity contribution in [3.63, 3.8) is 0 Å². The van der Waals surface area contributed by atoms with Crippen molar-refractivity contribution in [2.45, 2.75) is 58.5 Å². The fraction of sp³-hybridized carbons (Fsp3) is 0.667. The number of aromatic nitrogens is 2. The lowest BCUT2D eigenvalue weighted by atomic mass is 10.1. The minimum Gasteiger partial charge on any atom is -0.480 e. The summed E-state index contributed by atoms with van der Waals surface area (Å²) < 4.78 is 1.77. The Labute approximate surface area is 124 Å². The number of carbonyl (C=O) groups is 2. The third-order valence-electron chi connectivity index (χ3n) is 4.16. The maximum atomic E-state index is 12.7. The molecule has 0 spiro atoms. The minimum atomic E-state index is -0.925. The number of carboxylic acid groups (broad SMARTS) is 1. The Morgan fingerprint density at radius 3 is 2.67 bits per heavy atom. The molecule has 1 fully saturated rings. The molecule has 6 nitrogen and oxygen atoms in total. The Balaban J connectivity index is 2.33. The minimum absolute atomic E-state index is 0.170. The third-order valence-corrected chi connectivity index (χ3v) is 4.16. The molecule has 1 aliphatic rings. The van der Waals surface area contributed by atoms with Gasteiger partial charge in [-0.3, -0.25) is 9.48 Å². The second kappa shape index (κ2) is 6.28. The van der Waals surface area contributed by atoms with Crippen molar-refractivity contribution in [1.82, 2.24) is 14.7 Å². The summed E-state index contributed by atoms with van der Waals surface area (Å²) in [5, 5.41) is 13.7. The fourth-order valence-corrected chi connectivity index (χ4v) is 3.00. The van der Waals surface area contributed by atoms with Crippen LogP contribution in [0, 0.1) is 6.92 Å². The predicted molar refractivity (Wildman–Crippen MR) is 78.3 cm³/mol. The Morgan fingerprint density at radius 2 is 2.10 bits per heavy atom. The van der Waals surface area contributed by atoms with Gasteiger partial charge in [-0.05, 0) is 38.7 Å². The summed E-state index contributed by atoms with van der Waals surface area (Å²) in [6, 6.07) is 1.23. The van der Waals surface area contributed by atoms with E-state index in [-0.39, 0.29) is 11.9 Å². The molecule has 0 radical (unpaired) electrons. The summed E-state index contributed by atoms with van der Waals surface area (Å²) in [5.41, 5.74) is 1.30. The fourth-order valence-electron chi connectivity index (χ4n) is 3.00. The predicted octanol–water partition coefficient (Wildman–Crippen LogP) is 2.24. The lowest BCUT2D eigenvalue weighted by Gasteiger charge is -2.23. The van der Waals surface area contributed by atoms with Crippen LogP contribution in [-0.4, -0.2) is 44.3 Å². The standard InChI is InChI=1S/C15H23N3O3/c1-4-11(5-2)18-13(9-10(3)16-18)14(19)17-8-6-7-12(17)15(20)21/h9,11-12H,4-8H2,1-3H3,(H,20,21). The van der Waals surface area contributed by atoms with Gasteiger partial charge in [0.1, 0.15) is 11.7 Å². The van der Waals surface area contributed by atoms with E-state index in [4.69, 9.17) is 0 Å². The van der Waals surface area contributed by atoms with Crippen LogP contribution in [0.3, 0.4) is 0 Å². The van der Waals surface area contributed by atoms with E-state index in [1.165, 1.54) is 4.90 Å². The molecule has 1 atom stereocenters. The van der Waals surface area contributed by atoms with E-state index in [2.05, 4.69) is 18.9 Å². The average molecular weight is 293 g/mol. The van der Waals surface area contributed by atoms with Crippen LogP contribution in [-0.2, 0) is 4.79 Å². The lowest BCUT2D eigenvalue weighted by molar-refractivity contribution is -0.141. The summed E-state index contributed by atoms with van der Waals surface area (Å²) >= 11 is 0. The molecule has 6 heteroatoms. The van der Waals surface area contributed by atoms with Gasteiger partial charge in [0.05, 0.1) is 11.7 Å². The SMILES string of the molecule is CCC(CC)n1nc(C)cc1C(=O)N1CCCC1C(=O)O. The van der Waals surface area contributed by atoms with E-state index in [1.54, 1.807) is 10.7 Å². The summed E-state index contributed by atoms with van der Waals surface area (Å²) in [6.45, 7) is 6.49. The molecular formula is C15H23N3O3. The number of carbonyl (C=O) groups excluding carboxylic acids is 1. The van der Waals surface area contributed by atoms with Crippen LogP contribution in [0.2, 0.25) is 0 Å². The second-order valence-electron chi connectivity index (χ2n) is 5.58. The molecule has 2 rings (SSSR count). The molecule has 0 bridgehead atoms. The molecule has 1 aromatic heterocycles. The normalized spacial score (nSPS) is 18.5. The molecule has 2 heterocycles. The largest absolute Gasteiger partial charge is 0.480 e. The molecule has 0 saturated carbocycles. The average Bonchev–Trinajstić information content (AvgIpc) is 3.06.